The highest BCUT2D eigenvalue weighted by molar-refractivity contribution is 5.98. The van der Waals surface area contributed by atoms with Gasteiger partial charge in [0.05, 0.1) is 12.3 Å². The van der Waals surface area contributed by atoms with E-state index in [4.69, 9.17) is 15.9 Å². The largest absolute Gasteiger partial charge is 0.477 e. The number of amidine groups is 1. The lowest BCUT2D eigenvalue weighted by Gasteiger charge is -2.07. The SMILES string of the molecule is Cc1nn(C)c(OCC2CC2)c1C(=N)N. The van der Waals surface area contributed by atoms with Gasteiger partial charge in [-0.25, -0.2) is 4.68 Å². The van der Waals surface area contributed by atoms with E-state index in [1.165, 1.54) is 12.8 Å². The summed E-state index contributed by atoms with van der Waals surface area (Å²) in [6.45, 7) is 2.54. The highest BCUT2D eigenvalue weighted by Gasteiger charge is 2.24. The monoisotopic (exact) mass is 208 g/mol. The van der Waals surface area contributed by atoms with Crippen LogP contribution < -0.4 is 10.5 Å². The quantitative estimate of drug-likeness (QED) is 0.567. The van der Waals surface area contributed by atoms with Crippen LogP contribution in [0.4, 0.5) is 0 Å². The fourth-order valence-corrected chi connectivity index (χ4v) is 1.59. The number of nitrogen functional groups attached to an aromatic ring is 1. The molecule has 0 bridgehead atoms. The lowest BCUT2D eigenvalue weighted by atomic mass is 10.2. The van der Waals surface area contributed by atoms with Crippen molar-refractivity contribution in [2.75, 3.05) is 6.61 Å². The van der Waals surface area contributed by atoms with E-state index in [1.807, 2.05) is 14.0 Å². The van der Waals surface area contributed by atoms with Crippen LogP contribution in [-0.2, 0) is 7.05 Å². The van der Waals surface area contributed by atoms with E-state index in [-0.39, 0.29) is 5.84 Å². The summed E-state index contributed by atoms with van der Waals surface area (Å²) >= 11 is 0. The third kappa shape index (κ3) is 1.95. The predicted octanol–water partition coefficient (Wildman–Crippen LogP) is 0.801. The maximum atomic E-state index is 7.48. The normalized spacial score (nSPS) is 15.3. The zero-order valence-corrected chi connectivity index (χ0v) is 9.08. The van der Waals surface area contributed by atoms with Gasteiger partial charge < -0.3 is 10.5 Å². The molecule has 1 aliphatic carbocycles. The molecule has 0 aromatic carbocycles. The molecular formula is C10H16N4O. The molecule has 0 spiro atoms. The smallest absolute Gasteiger partial charge is 0.223 e. The van der Waals surface area contributed by atoms with E-state index in [0.717, 1.165) is 5.69 Å². The average Bonchev–Trinajstić information content (AvgIpc) is 2.89. The lowest BCUT2D eigenvalue weighted by molar-refractivity contribution is 0.274. The summed E-state index contributed by atoms with van der Waals surface area (Å²) < 4.78 is 7.30. The third-order valence-corrected chi connectivity index (χ3v) is 2.59. The number of ether oxygens (including phenoxy) is 1. The van der Waals surface area contributed by atoms with Gasteiger partial charge in [-0.05, 0) is 25.7 Å². The molecule has 1 saturated carbocycles. The number of aromatic nitrogens is 2. The number of rotatable bonds is 4. The maximum absolute atomic E-state index is 7.48. The van der Waals surface area contributed by atoms with Crippen molar-refractivity contribution in [2.24, 2.45) is 18.7 Å². The molecule has 1 aromatic heterocycles. The summed E-state index contributed by atoms with van der Waals surface area (Å²) in [5, 5.41) is 11.7. The van der Waals surface area contributed by atoms with E-state index >= 15 is 0 Å². The highest BCUT2D eigenvalue weighted by atomic mass is 16.5. The zero-order chi connectivity index (χ0) is 11.0. The van der Waals surface area contributed by atoms with Crippen LogP contribution in [-0.4, -0.2) is 22.2 Å². The molecule has 5 heteroatoms. The Morgan fingerprint density at radius 2 is 2.33 bits per heavy atom. The van der Waals surface area contributed by atoms with Crippen LogP contribution in [0.2, 0.25) is 0 Å². The summed E-state index contributed by atoms with van der Waals surface area (Å²) in [6, 6.07) is 0. The fraction of sp³-hybridized carbons (Fsp3) is 0.600. The van der Waals surface area contributed by atoms with E-state index in [0.29, 0.717) is 24.0 Å². The Balaban J connectivity index is 2.21. The Bertz CT molecular complexity index is 392. The number of aryl methyl sites for hydroxylation is 2. The molecule has 2 rings (SSSR count). The van der Waals surface area contributed by atoms with E-state index in [2.05, 4.69) is 5.10 Å². The third-order valence-electron chi connectivity index (χ3n) is 2.59. The summed E-state index contributed by atoms with van der Waals surface area (Å²) in [5.41, 5.74) is 6.87. The highest BCUT2D eigenvalue weighted by Crippen LogP contribution is 2.30. The van der Waals surface area contributed by atoms with Gasteiger partial charge in [0.15, 0.2) is 0 Å². The molecule has 0 unspecified atom stereocenters. The van der Waals surface area contributed by atoms with Crippen LogP contribution in [0, 0.1) is 18.3 Å². The van der Waals surface area contributed by atoms with Crippen LogP contribution in [0.1, 0.15) is 24.1 Å². The average molecular weight is 208 g/mol. The number of nitrogens with two attached hydrogens (primary N) is 1. The summed E-state index contributed by atoms with van der Waals surface area (Å²) in [5.74, 6) is 1.32. The molecule has 1 aromatic rings. The van der Waals surface area contributed by atoms with Gasteiger partial charge >= 0.3 is 0 Å². The molecule has 5 nitrogen and oxygen atoms in total. The Labute approximate surface area is 88.7 Å². The minimum Gasteiger partial charge on any atom is -0.477 e. The van der Waals surface area contributed by atoms with Crippen LogP contribution in [0.25, 0.3) is 0 Å². The van der Waals surface area contributed by atoms with Crippen molar-refractivity contribution in [3.05, 3.63) is 11.3 Å². The summed E-state index contributed by atoms with van der Waals surface area (Å²) in [6.07, 6.45) is 2.48. The minimum atomic E-state index is 0.0198. The molecular weight excluding hydrogens is 192 g/mol. The van der Waals surface area contributed by atoms with Gasteiger partial charge in [-0.3, -0.25) is 5.41 Å². The number of hydrogen-bond donors (Lipinski definition) is 2. The van der Waals surface area contributed by atoms with Crippen LogP contribution in [0.3, 0.4) is 0 Å². The van der Waals surface area contributed by atoms with Crippen molar-refractivity contribution in [1.29, 1.82) is 5.41 Å². The van der Waals surface area contributed by atoms with Gasteiger partial charge in [-0.2, -0.15) is 5.10 Å². The Hall–Kier alpha value is -1.52. The van der Waals surface area contributed by atoms with Gasteiger partial charge in [0.2, 0.25) is 5.88 Å². The molecule has 1 heterocycles. The van der Waals surface area contributed by atoms with Crippen molar-refractivity contribution in [3.8, 4) is 5.88 Å². The first-order valence-corrected chi connectivity index (χ1v) is 5.10. The van der Waals surface area contributed by atoms with Crippen LogP contribution >= 0.6 is 0 Å². The standard InChI is InChI=1S/C10H16N4O/c1-6-8(9(11)12)10(14(2)13-6)15-5-7-3-4-7/h7H,3-5H2,1-2H3,(H3,11,12). The molecule has 1 aliphatic rings. The van der Waals surface area contributed by atoms with Crippen molar-refractivity contribution in [2.45, 2.75) is 19.8 Å². The molecule has 0 aliphatic heterocycles. The summed E-state index contributed by atoms with van der Waals surface area (Å²) in [7, 11) is 1.81. The molecule has 0 atom stereocenters. The second-order valence-corrected chi connectivity index (χ2v) is 4.06. The van der Waals surface area contributed by atoms with Crippen molar-refractivity contribution < 1.29 is 4.74 Å². The van der Waals surface area contributed by atoms with Gasteiger partial charge in [0.25, 0.3) is 0 Å². The van der Waals surface area contributed by atoms with Crippen molar-refractivity contribution in [1.82, 2.24) is 9.78 Å². The second kappa shape index (κ2) is 3.56. The number of hydrogen-bond acceptors (Lipinski definition) is 3. The fourth-order valence-electron chi connectivity index (χ4n) is 1.59. The predicted molar refractivity (Wildman–Crippen MR) is 57.2 cm³/mol. The first-order chi connectivity index (χ1) is 7.09. The first kappa shape index (κ1) is 10.0. The minimum absolute atomic E-state index is 0.0198. The van der Waals surface area contributed by atoms with Crippen LogP contribution in [0.15, 0.2) is 0 Å². The lowest BCUT2D eigenvalue weighted by Crippen LogP contribution is -2.14. The molecule has 15 heavy (non-hydrogen) atoms. The number of nitrogens with one attached hydrogen (secondary N) is 1. The number of nitrogens with zero attached hydrogens (tertiary/aromatic N) is 2. The molecule has 0 amide bonds. The van der Waals surface area contributed by atoms with Gasteiger partial charge in [-0.1, -0.05) is 0 Å². The zero-order valence-electron chi connectivity index (χ0n) is 9.08. The van der Waals surface area contributed by atoms with E-state index in [1.54, 1.807) is 4.68 Å². The molecule has 0 saturated heterocycles. The Kier molecular flexibility index (Phi) is 2.38. The molecule has 1 fully saturated rings. The van der Waals surface area contributed by atoms with Gasteiger partial charge in [0, 0.05) is 7.05 Å². The molecule has 3 N–H and O–H groups in total. The van der Waals surface area contributed by atoms with Crippen LogP contribution in [0.5, 0.6) is 5.88 Å². The van der Waals surface area contributed by atoms with Gasteiger partial charge in [-0.15, -0.1) is 0 Å². The molecule has 0 radical (unpaired) electrons. The molecule has 82 valence electrons. The van der Waals surface area contributed by atoms with Gasteiger partial charge in [0.1, 0.15) is 11.4 Å². The Morgan fingerprint density at radius 3 is 2.87 bits per heavy atom. The maximum Gasteiger partial charge on any atom is 0.223 e. The van der Waals surface area contributed by atoms with E-state index in [9.17, 15) is 0 Å². The van der Waals surface area contributed by atoms with Crippen molar-refractivity contribution >= 4 is 5.84 Å². The topological polar surface area (TPSA) is 76.9 Å². The second-order valence-electron chi connectivity index (χ2n) is 4.06. The first-order valence-electron chi connectivity index (χ1n) is 5.10. The van der Waals surface area contributed by atoms with Crippen molar-refractivity contribution in [3.63, 3.8) is 0 Å². The Morgan fingerprint density at radius 1 is 1.67 bits per heavy atom. The van der Waals surface area contributed by atoms with E-state index < -0.39 is 0 Å². The summed E-state index contributed by atoms with van der Waals surface area (Å²) in [4.78, 5) is 0.